The van der Waals surface area contributed by atoms with Crippen molar-refractivity contribution < 1.29 is 35.9 Å². The Morgan fingerprint density at radius 2 is 1.70 bits per heavy atom. The van der Waals surface area contributed by atoms with Crippen LogP contribution in [-0.4, -0.2) is 43.4 Å². The van der Waals surface area contributed by atoms with Crippen LogP contribution in [0.3, 0.4) is 0 Å². The van der Waals surface area contributed by atoms with Gasteiger partial charge in [0.15, 0.2) is 0 Å². The summed E-state index contributed by atoms with van der Waals surface area (Å²) >= 11 is 0. The largest absolute Gasteiger partial charge is 0.573 e. The van der Waals surface area contributed by atoms with Gasteiger partial charge in [0.2, 0.25) is 11.6 Å². The number of alkyl halides is 3. The first-order valence-corrected chi connectivity index (χ1v) is 12.9. The number of benzene rings is 3. The van der Waals surface area contributed by atoms with Crippen molar-refractivity contribution in [2.24, 2.45) is 0 Å². The number of aromatic nitrogens is 2. The molecule has 0 saturated heterocycles. The second kappa shape index (κ2) is 10.5. The smallest absolute Gasteiger partial charge is 0.455 e. The number of rotatable bonds is 6. The number of fused-ring (bicyclic) bond motifs is 2. The van der Waals surface area contributed by atoms with Crippen molar-refractivity contribution in [1.82, 2.24) is 15.3 Å². The highest BCUT2D eigenvalue weighted by molar-refractivity contribution is 6.13. The SMILES string of the molecule is CNC(=O)c1c(-c2ccc(F)cc2)oc2cc(N(C)C)c(-c3ccc(OC(F)(F)F)c(-c4nc5cccnc5o4)c3)cc12. The van der Waals surface area contributed by atoms with Crippen LogP contribution in [0.1, 0.15) is 10.4 Å². The third-order valence-corrected chi connectivity index (χ3v) is 6.76. The van der Waals surface area contributed by atoms with E-state index in [4.69, 9.17) is 8.83 Å². The van der Waals surface area contributed by atoms with Gasteiger partial charge in [-0.1, -0.05) is 6.07 Å². The lowest BCUT2D eigenvalue weighted by atomic mass is 9.96. The van der Waals surface area contributed by atoms with Gasteiger partial charge in [-0.25, -0.2) is 14.4 Å². The lowest BCUT2D eigenvalue weighted by molar-refractivity contribution is -0.274. The molecular formula is C31H22F4N4O4. The highest BCUT2D eigenvalue weighted by Gasteiger charge is 2.33. The van der Waals surface area contributed by atoms with Crippen LogP contribution in [0.4, 0.5) is 23.2 Å². The summed E-state index contributed by atoms with van der Waals surface area (Å²) < 4.78 is 69.9. The molecule has 0 radical (unpaired) electrons. The van der Waals surface area contributed by atoms with Crippen LogP contribution in [0.15, 0.2) is 81.8 Å². The van der Waals surface area contributed by atoms with Crippen LogP contribution in [-0.2, 0) is 0 Å². The first-order chi connectivity index (χ1) is 20.5. The summed E-state index contributed by atoms with van der Waals surface area (Å²) in [5, 5.41) is 3.06. The topological polar surface area (TPSA) is 93.6 Å². The van der Waals surface area contributed by atoms with Crippen LogP contribution in [0.25, 0.3) is 56.1 Å². The summed E-state index contributed by atoms with van der Waals surface area (Å²) in [5.74, 6) is -1.26. The van der Waals surface area contributed by atoms with Crippen LogP contribution in [0.5, 0.6) is 5.75 Å². The van der Waals surface area contributed by atoms with Gasteiger partial charge in [-0.15, -0.1) is 13.2 Å². The predicted octanol–water partition coefficient (Wildman–Crippen LogP) is 7.43. The number of anilines is 1. The number of oxazole rings is 1. The van der Waals surface area contributed by atoms with E-state index in [1.54, 1.807) is 43.3 Å². The van der Waals surface area contributed by atoms with Crippen molar-refractivity contribution in [2.75, 3.05) is 26.0 Å². The van der Waals surface area contributed by atoms with Gasteiger partial charge in [0.1, 0.15) is 28.4 Å². The van der Waals surface area contributed by atoms with Gasteiger partial charge in [0.25, 0.3) is 5.91 Å². The molecule has 0 saturated carbocycles. The Morgan fingerprint density at radius 1 is 0.953 bits per heavy atom. The summed E-state index contributed by atoms with van der Waals surface area (Å²) in [5.41, 5.74) is 3.25. The maximum Gasteiger partial charge on any atom is 0.573 e. The number of carbonyl (C=O) groups is 1. The van der Waals surface area contributed by atoms with E-state index in [1.807, 2.05) is 0 Å². The predicted molar refractivity (Wildman–Crippen MR) is 152 cm³/mol. The van der Waals surface area contributed by atoms with E-state index < -0.39 is 23.8 Å². The normalized spacial score (nSPS) is 11.7. The summed E-state index contributed by atoms with van der Waals surface area (Å²) in [6.07, 6.45) is -3.49. The minimum atomic E-state index is -4.97. The zero-order valence-corrected chi connectivity index (χ0v) is 22.9. The molecule has 0 unspecified atom stereocenters. The van der Waals surface area contributed by atoms with E-state index in [0.717, 1.165) is 0 Å². The van der Waals surface area contributed by atoms with Crippen molar-refractivity contribution in [3.8, 4) is 39.7 Å². The fraction of sp³-hybridized carbons (Fsp3) is 0.129. The Labute approximate surface area is 241 Å². The number of pyridine rings is 1. The molecule has 8 nitrogen and oxygen atoms in total. The van der Waals surface area contributed by atoms with Gasteiger partial charge in [-0.3, -0.25) is 4.79 Å². The van der Waals surface area contributed by atoms with Crippen molar-refractivity contribution >= 4 is 33.8 Å². The molecule has 3 heterocycles. The minimum absolute atomic E-state index is 0.0525. The Morgan fingerprint density at radius 3 is 2.37 bits per heavy atom. The van der Waals surface area contributed by atoms with E-state index >= 15 is 0 Å². The lowest BCUT2D eigenvalue weighted by Gasteiger charge is -2.19. The van der Waals surface area contributed by atoms with Gasteiger partial charge < -0.3 is 23.8 Å². The van der Waals surface area contributed by atoms with Gasteiger partial charge in [0.05, 0.1) is 11.1 Å². The van der Waals surface area contributed by atoms with E-state index in [0.29, 0.717) is 38.9 Å². The van der Waals surface area contributed by atoms with Crippen molar-refractivity contribution in [3.63, 3.8) is 0 Å². The molecule has 0 fully saturated rings. The number of hydrogen-bond donors (Lipinski definition) is 1. The van der Waals surface area contributed by atoms with Crippen LogP contribution in [0, 0.1) is 5.82 Å². The van der Waals surface area contributed by atoms with Gasteiger partial charge in [-0.05, 0) is 60.2 Å². The monoisotopic (exact) mass is 590 g/mol. The summed E-state index contributed by atoms with van der Waals surface area (Å²) in [6.45, 7) is 0. The molecule has 1 N–H and O–H groups in total. The van der Waals surface area contributed by atoms with Crippen LogP contribution < -0.4 is 15.0 Å². The number of amides is 1. The molecule has 6 aromatic rings. The highest BCUT2D eigenvalue weighted by Crippen LogP contribution is 2.43. The second-order valence-corrected chi connectivity index (χ2v) is 9.76. The zero-order valence-electron chi connectivity index (χ0n) is 22.9. The lowest BCUT2D eigenvalue weighted by Crippen LogP contribution is -2.18. The molecule has 12 heteroatoms. The number of furan rings is 1. The molecule has 0 atom stereocenters. The van der Waals surface area contributed by atoms with Crippen molar-refractivity contribution in [1.29, 1.82) is 0 Å². The maximum atomic E-state index is 13.6. The first kappa shape index (κ1) is 27.8. The molecule has 0 aliphatic carbocycles. The molecule has 0 bridgehead atoms. The highest BCUT2D eigenvalue weighted by atomic mass is 19.4. The molecule has 218 valence electrons. The molecule has 0 aliphatic rings. The average molecular weight is 591 g/mol. The molecule has 1 amide bonds. The molecule has 0 aliphatic heterocycles. The first-order valence-electron chi connectivity index (χ1n) is 12.9. The number of hydrogen-bond acceptors (Lipinski definition) is 7. The second-order valence-electron chi connectivity index (χ2n) is 9.76. The Hall–Kier alpha value is -5.39. The number of nitrogens with one attached hydrogen (secondary N) is 1. The molecule has 43 heavy (non-hydrogen) atoms. The average Bonchev–Trinajstić information content (AvgIpc) is 3.57. The fourth-order valence-electron chi connectivity index (χ4n) is 4.85. The Kier molecular flexibility index (Phi) is 6.76. The molecule has 3 aromatic carbocycles. The van der Waals surface area contributed by atoms with E-state index in [2.05, 4.69) is 20.0 Å². The van der Waals surface area contributed by atoms with E-state index in [1.165, 1.54) is 55.7 Å². The molecule has 0 spiro atoms. The van der Waals surface area contributed by atoms with Crippen molar-refractivity contribution in [3.05, 3.63) is 84.3 Å². The van der Waals surface area contributed by atoms with Crippen LogP contribution >= 0.6 is 0 Å². The number of nitrogens with zero attached hydrogens (tertiary/aromatic N) is 3. The zero-order chi connectivity index (χ0) is 30.5. The Bertz CT molecular complexity index is 1960. The molecule has 3 aromatic heterocycles. The van der Waals surface area contributed by atoms with E-state index in [9.17, 15) is 22.4 Å². The maximum absolute atomic E-state index is 13.6. The summed E-state index contributed by atoms with van der Waals surface area (Å²) in [7, 11) is 5.07. The standard InChI is InChI=1S/C31H22F4N4O4/c1-36-28(40)26-20-14-19(23(39(2)3)15-25(20)41-27(26)16-6-9-18(32)10-7-16)17-8-11-24(43-31(33,34)35)21(13-17)29-38-22-5-4-12-37-30(22)42-29/h4-15H,1-3H3,(H,36,40). The van der Waals surface area contributed by atoms with Crippen LogP contribution in [0.2, 0.25) is 0 Å². The summed E-state index contributed by atoms with van der Waals surface area (Å²) in [6, 6.07) is 16.4. The van der Waals surface area contributed by atoms with Gasteiger partial charge in [0, 0.05) is 55.6 Å². The number of halogens is 4. The van der Waals surface area contributed by atoms with E-state index in [-0.39, 0.29) is 28.5 Å². The quantitative estimate of drug-likeness (QED) is 0.202. The third-order valence-electron chi connectivity index (χ3n) is 6.76. The minimum Gasteiger partial charge on any atom is -0.455 e. The van der Waals surface area contributed by atoms with Crippen molar-refractivity contribution in [2.45, 2.75) is 6.36 Å². The Balaban J connectivity index is 1.59. The summed E-state index contributed by atoms with van der Waals surface area (Å²) in [4.78, 5) is 23.3. The molecular weight excluding hydrogens is 568 g/mol. The fourth-order valence-corrected chi connectivity index (χ4v) is 4.85. The molecule has 6 rings (SSSR count). The number of ether oxygens (including phenoxy) is 1. The third kappa shape index (κ3) is 5.23. The van der Waals surface area contributed by atoms with Gasteiger partial charge >= 0.3 is 6.36 Å². The number of carbonyl (C=O) groups excluding carboxylic acids is 1. The van der Waals surface area contributed by atoms with Gasteiger partial charge in [-0.2, -0.15) is 0 Å².